The number of amides is 1. The summed E-state index contributed by atoms with van der Waals surface area (Å²) in [4.78, 5) is 22.7. The summed E-state index contributed by atoms with van der Waals surface area (Å²) in [6.45, 7) is 3.62. The first-order chi connectivity index (χ1) is 12.7. The molecule has 0 bridgehead atoms. The van der Waals surface area contributed by atoms with Gasteiger partial charge < -0.3 is 0 Å². The Morgan fingerprint density at radius 3 is 2.63 bits per heavy atom. The maximum absolute atomic E-state index is 12.6. The zero-order valence-corrected chi connectivity index (χ0v) is 17.2. The summed E-state index contributed by atoms with van der Waals surface area (Å²) < 4.78 is 36.3. The van der Waals surface area contributed by atoms with Crippen molar-refractivity contribution in [3.05, 3.63) is 36.2 Å². The summed E-state index contributed by atoms with van der Waals surface area (Å²) >= 11 is 1.35. The van der Waals surface area contributed by atoms with E-state index < -0.39 is 5.51 Å². The minimum absolute atomic E-state index is 0.149. The summed E-state index contributed by atoms with van der Waals surface area (Å²) in [7, 11) is 2.99. The lowest BCUT2D eigenvalue weighted by Crippen LogP contribution is -2.33. The molecule has 0 N–H and O–H groups in total. The van der Waals surface area contributed by atoms with E-state index in [1.165, 1.54) is 49.1 Å². The van der Waals surface area contributed by atoms with Crippen molar-refractivity contribution in [2.75, 3.05) is 25.6 Å². The molecule has 148 valence electrons. The Morgan fingerprint density at radius 2 is 2.11 bits per heavy atom. The SMILES string of the molecule is C#CC.CCSc1cccnc1C(=O)N(C)C(/C=C\CSC(F)(F)F)=NC. The standard InChI is InChI=1S/C15H18F3N3OS2.C3H4/c1-4-23-11-7-5-9-20-13(11)14(22)21(3)12(19-2)8-6-10-24-15(16,17)18;1-3-2/h5-9H,4,10H2,1-3H3;1H,2H3/b8-6-,19-12?;. The van der Waals surface area contributed by atoms with Gasteiger partial charge in [0.05, 0.1) is 0 Å². The molecule has 1 amide bonds. The Balaban J connectivity index is 0.00000210. The number of aromatic nitrogens is 1. The molecule has 0 saturated carbocycles. The van der Waals surface area contributed by atoms with Crippen molar-refractivity contribution in [3.63, 3.8) is 0 Å². The van der Waals surface area contributed by atoms with Crippen LogP contribution in [0.3, 0.4) is 0 Å². The molecule has 0 unspecified atom stereocenters. The largest absolute Gasteiger partial charge is 0.442 e. The van der Waals surface area contributed by atoms with Gasteiger partial charge in [-0.15, -0.1) is 24.1 Å². The first-order valence-corrected chi connectivity index (χ1v) is 9.76. The van der Waals surface area contributed by atoms with Crippen molar-refractivity contribution in [1.82, 2.24) is 9.88 Å². The molecule has 9 heteroatoms. The molecule has 0 radical (unpaired) electrons. The van der Waals surface area contributed by atoms with Gasteiger partial charge in [0.1, 0.15) is 11.5 Å². The Labute approximate surface area is 166 Å². The van der Waals surface area contributed by atoms with E-state index in [0.29, 0.717) is 5.69 Å². The maximum Gasteiger partial charge on any atom is 0.442 e. The number of hydrogen-bond acceptors (Lipinski definition) is 5. The first kappa shape index (κ1) is 25.1. The van der Waals surface area contributed by atoms with Crippen molar-refractivity contribution in [1.29, 1.82) is 0 Å². The van der Waals surface area contributed by atoms with Gasteiger partial charge in [-0.2, -0.15) is 13.2 Å². The van der Waals surface area contributed by atoms with Gasteiger partial charge >= 0.3 is 5.51 Å². The molecule has 1 aromatic rings. The number of amidine groups is 1. The van der Waals surface area contributed by atoms with Crippen LogP contribution in [0.5, 0.6) is 0 Å². The van der Waals surface area contributed by atoms with E-state index in [0.717, 1.165) is 10.6 Å². The molecule has 0 aliphatic carbocycles. The number of carbonyl (C=O) groups is 1. The maximum atomic E-state index is 12.6. The van der Waals surface area contributed by atoms with Gasteiger partial charge in [-0.05, 0) is 42.6 Å². The van der Waals surface area contributed by atoms with Gasteiger partial charge in [-0.3, -0.25) is 14.7 Å². The van der Waals surface area contributed by atoms with Crippen LogP contribution < -0.4 is 0 Å². The topological polar surface area (TPSA) is 45.6 Å². The van der Waals surface area contributed by atoms with Crippen molar-refractivity contribution in [3.8, 4) is 12.3 Å². The van der Waals surface area contributed by atoms with Crippen LogP contribution in [0.25, 0.3) is 0 Å². The molecule has 0 fully saturated rings. The fourth-order valence-corrected chi connectivity index (χ4v) is 2.86. The zero-order valence-electron chi connectivity index (χ0n) is 15.6. The average molecular weight is 418 g/mol. The summed E-state index contributed by atoms with van der Waals surface area (Å²) in [5, 5.41) is 0. The fraction of sp³-hybridized carbons (Fsp3) is 0.389. The third kappa shape index (κ3) is 10.1. The second-order valence-corrected chi connectivity index (χ2v) is 7.07. The number of halogens is 3. The van der Waals surface area contributed by atoms with Gasteiger partial charge in [-0.25, -0.2) is 4.98 Å². The highest BCUT2D eigenvalue weighted by Crippen LogP contribution is 2.29. The highest BCUT2D eigenvalue weighted by molar-refractivity contribution is 8.00. The van der Waals surface area contributed by atoms with Gasteiger partial charge in [0.2, 0.25) is 0 Å². The van der Waals surface area contributed by atoms with Crippen LogP contribution in [0.4, 0.5) is 13.2 Å². The number of pyridine rings is 1. The van der Waals surface area contributed by atoms with Crippen LogP contribution in [-0.4, -0.2) is 52.7 Å². The summed E-state index contributed by atoms with van der Waals surface area (Å²) in [5.41, 5.74) is -3.98. The number of likely N-dealkylation sites (N-methyl/N-ethyl adjacent to an activating group) is 1. The van der Waals surface area contributed by atoms with E-state index in [2.05, 4.69) is 22.3 Å². The lowest BCUT2D eigenvalue weighted by Gasteiger charge is -2.17. The minimum atomic E-state index is -4.28. The highest BCUT2D eigenvalue weighted by atomic mass is 32.2. The summed E-state index contributed by atoms with van der Waals surface area (Å²) in [5.74, 6) is 2.70. The number of carbonyl (C=O) groups excluding carboxylic acids is 1. The highest BCUT2D eigenvalue weighted by Gasteiger charge is 2.27. The molecular weight excluding hydrogens is 395 g/mol. The number of alkyl halides is 3. The molecule has 0 atom stereocenters. The molecule has 1 rings (SSSR count). The lowest BCUT2D eigenvalue weighted by atomic mass is 10.3. The molecule has 1 heterocycles. The van der Waals surface area contributed by atoms with Gasteiger partial charge in [-0.1, -0.05) is 13.0 Å². The monoisotopic (exact) mass is 417 g/mol. The predicted molar refractivity (Wildman–Crippen MR) is 108 cm³/mol. The van der Waals surface area contributed by atoms with E-state index in [4.69, 9.17) is 0 Å². The van der Waals surface area contributed by atoms with Crippen molar-refractivity contribution in [2.45, 2.75) is 24.3 Å². The van der Waals surface area contributed by atoms with Crippen LogP contribution in [0.15, 0.2) is 40.4 Å². The number of nitrogens with zero attached hydrogens (tertiary/aromatic N) is 3. The van der Waals surface area contributed by atoms with E-state index in [1.54, 1.807) is 19.1 Å². The van der Waals surface area contributed by atoms with E-state index in [-0.39, 0.29) is 29.3 Å². The number of rotatable bonds is 6. The normalized spacial score (nSPS) is 11.6. The quantitative estimate of drug-likeness (QED) is 0.290. The van der Waals surface area contributed by atoms with Gasteiger partial charge in [0, 0.05) is 30.9 Å². The second-order valence-electron chi connectivity index (χ2n) is 4.68. The Kier molecular flexibility index (Phi) is 12.3. The Hall–Kier alpha value is -1.92. The van der Waals surface area contributed by atoms with Crippen molar-refractivity contribution < 1.29 is 18.0 Å². The van der Waals surface area contributed by atoms with Crippen LogP contribution in [0.2, 0.25) is 0 Å². The molecular formula is C18H22F3N3OS2. The van der Waals surface area contributed by atoms with Gasteiger partial charge in [0.15, 0.2) is 0 Å². The van der Waals surface area contributed by atoms with E-state index in [1.807, 2.05) is 6.92 Å². The van der Waals surface area contributed by atoms with Crippen LogP contribution >= 0.6 is 23.5 Å². The van der Waals surface area contributed by atoms with Crippen LogP contribution in [0.1, 0.15) is 24.3 Å². The van der Waals surface area contributed by atoms with Crippen molar-refractivity contribution in [2.24, 2.45) is 4.99 Å². The molecule has 0 saturated heterocycles. The second kappa shape index (κ2) is 13.3. The third-order valence-corrected chi connectivity index (χ3v) is 4.38. The molecule has 27 heavy (non-hydrogen) atoms. The molecule has 0 aliphatic heterocycles. The Morgan fingerprint density at radius 1 is 1.48 bits per heavy atom. The molecule has 1 aromatic heterocycles. The number of terminal acetylenes is 1. The minimum Gasteiger partial charge on any atom is -0.295 e. The lowest BCUT2D eigenvalue weighted by molar-refractivity contribution is -0.0326. The smallest absolute Gasteiger partial charge is 0.295 e. The average Bonchev–Trinajstić information content (AvgIpc) is 2.61. The molecule has 4 nitrogen and oxygen atoms in total. The van der Waals surface area contributed by atoms with E-state index in [9.17, 15) is 18.0 Å². The van der Waals surface area contributed by atoms with Crippen LogP contribution in [0, 0.1) is 12.3 Å². The zero-order chi connectivity index (χ0) is 20.9. The summed E-state index contributed by atoms with van der Waals surface area (Å²) in [6.07, 6.45) is 8.84. The summed E-state index contributed by atoms with van der Waals surface area (Å²) in [6, 6.07) is 3.55. The fourth-order valence-electron chi connectivity index (χ4n) is 1.72. The Bertz CT molecular complexity index is 698. The molecule has 0 aliphatic rings. The first-order valence-electron chi connectivity index (χ1n) is 7.79. The van der Waals surface area contributed by atoms with Crippen molar-refractivity contribution >= 4 is 35.3 Å². The number of aliphatic imine (C=N–C) groups is 1. The molecule has 0 aromatic carbocycles. The van der Waals surface area contributed by atoms with Crippen LogP contribution in [-0.2, 0) is 0 Å². The number of thioether (sulfide) groups is 2. The third-order valence-electron chi connectivity index (χ3n) is 2.76. The molecule has 0 spiro atoms. The van der Waals surface area contributed by atoms with E-state index >= 15 is 0 Å². The predicted octanol–water partition coefficient (Wildman–Crippen LogP) is 4.74. The number of hydrogen-bond donors (Lipinski definition) is 0. The van der Waals surface area contributed by atoms with Gasteiger partial charge in [0.25, 0.3) is 5.91 Å².